The molecule has 0 unspecified atom stereocenters. The molecule has 2 N–H and O–H groups in total. The molecule has 0 aliphatic carbocycles. The monoisotopic (exact) mass is 303 g/mol. The van der Waals surface area contributed by atoms with Gasteiger partial charge in [0.15, 0.2) is 0 Å². The molecular weight excluding hydrogens is 290 g/mol. The molecule has 0 saturated heterocycles. The number of phenolic OH excluding ortho intramolecular Hbond substituents is 2. The predicted octanol–water partition coefficient (Wildman–Crippen LogP) is 2.39. The van der Waals surface area contributed by atoms with E-state index in [0.29, 0.717) is 11.1 Å². The van der Waals surface area contributed by atoms with Gasteiger partial charge in [0.2, 0.25) is 0 Å². The Hall–Kier alpha value is -3.09. The average molecular weight is 303 g/mol. The van der Waals surface area contributed by atoms with Gasteiger partial charge in [-0.25, -0.2) is 0 Å². The van der Waals surface area contributed by atoms with Crippen molar-refractivity contribution in [3.63, 3.8) is 0 Å². The summed E-state index contributed by atoms with van der Waals surface area (Å²) >= 11 is 0. The molecule has 0 atom stereocenters. The van der Waals surface area contributed by atoms with E-state index in [0.717, 1.165) is 6.07 Å². The van der Waals surface area contributed by atoms with Crippen LogP contribution in [0, 0.1) is 10.1 Å². The molecule has 0 aliphatic rings. The highest BCUT2D eigenvalue weighted by Gasteiger charge is 2.17. The molecule has 0 aromatic heterocycles. The summed E-state index contributed by atoms with van der Waals surface area (Å²) in [6.07, 6.45) is -0.184. The standard InChI is InChI=1S/C15H13NO6/c1-22-14(19)7-10-6-12(17)8-13(18)15(10)9-3-2-4-11(5-9)16(20)21/h2-6,8,17-18H,7H2,1H3. The van der Waals surface area contributed by atoms with Crippen LogP contribution in [0.4, 0.5) is 5.69 Å². The van der Waals surface area contributed by atoms with Gasteiger partial charge in [-0.1, -0.05) is 12.1 Å². The Morgan fingerprint density at radius 1 is 1.27 bits per heavy atom. The van der Waals surface area contributed by atoms with Gasteiger partial charge in [0.25, 0.3) is 5.69 Å². The minimum absolute atomic E-state index is 0.144. The summed E-state index contributed by atoms with van der Waals surface area (Å²) in [7, 11) is 1.22. The summed E-state index contributed by atoms with van der Waals surface area (Å²) in [6, 6.07) is 8.06. The number of hydrogen-bond acceptors (Lipinski definition) is 6. The number of ether oxygens (including phenoxy) is 1. The van der Waals surface area contributed by atoms with Crippen LogP contribution >= 0.6 is 0 Å². The first-order valence-corrected chi connectivity index (χ1v) is 6.29. The summed E-state index contributed by atoms with van der Waals surface area (Å²) < 4.78 is 4.58. The zero-order valence-corrected chi connectivity index (χ0v) is 11.6. The van der Waals surface area contributed by atoms with E-state index in [4.69, 9.17) is 0 Å². The van der Waals surface area contributed by atoms with E-state index >= 15 is 0 Å². The van der Waals surface area contributed by atoms with Gasteiger partial charge in [0.05, 0.1) is 18.5 Å². The molecule has 0 amide bonds. The number of rotatable bonds is 4. The Kier molecular flexibility index (Phi) is 4.26. The molecule has 2 rings (SSSR count). The summed E-state index contributed by atoms with van der Waals surface area (Å²) in [6.45, 7) is 0. The van der Waals surface area contributed by atoms with Gasteiger partial charge in [-0.2, -0.15) is 0 Å². The van der Waals surface area contributed by atoms with Gasteiger partial charge in [-0.3, -0.25) is 14.9 Å². The summed E-state index contributed by atoms with van der Waals surface area (Å²) in [5.41, 5.74) is 0.774. The summed E-state index contributed by atoms with van der Waals surface area (Å²) in [4.78, 5) is 21.8. The quantitative estimate of drug-likeness (QED) is 0.510. The number of nitro benzene ring substituents is 1. The van der Waals surface area contributed by atoms with Crippen LogP contribution in [0.5, 0.6) is 11.5 Å². The van der Waals surface area contributed by atoms with Gasteiger partial charge in [-0.15, -0.1) is 0 Å². The van der Waals surface area contributed by atoms with Crippen molar-refractivity contribution >= 4 is 11.7 Å². The van der Waals surface area contributed by atoms with Crippen LogP contribution in [0.1, 0.15) is 5.56 Å². The van der Waals surface area contributed by atoms with E-state index in [1.54, 1.807) is 6.07 Å². The summed E-state index contributed by atoms with van der Waals surface area (Å²) in [5.74, 6) is -1.05. The Balaban J connectivity index is 2.60. The fourth-order valence-electron chi connectivity index (χ4n) is 2.14. The normalized spacial score (nSPS) is 10.2. The number of benzene rings is 2. The molecule has 7 heteroatoms. The third kappa shape index (κ3) is 3.14. The maximum atomic E-state index is 11.5. The lowest BCUT2D eigenvalue weighted by Crippen LogP contribution is -2.06. The number of aromatic hydroxyl groups is 2. The lowest BCUT2D eigenvalue weighted by molar-refractivity contribution is -0.384. The number of non-ortho nitro benzene ring substituents is 1. The Bertz CT molecular complexity index is 741. The molecule has 0 heterocycles. The predicted molar refractivity (Wildman–Crippen MR) is 77.6 cm³/mol. The maximum Gasteiger partial charge on any atom is 0.310 e. The van der Waals surface area contributed by atoms with Crippen molar-refractivity contribution in [2.75, 3.05) is 7.11 Å². The van der Waals surface area contributed by atoms with E-state index in [9.17, 15) is 25.1 Å². The number of methoxy groups -OCH3 is 1. The molecular formula is C15H13NO6. The molecule has 2 aromatic carbocycles. The highest BCUT2D eigenvalue weighted by Crippen LogP contribution is 2.37. The molecule has 22 heavy (non-hydrogen) atoms. The minimum atomic E-state index is -0.559. The van der Waals surface area contributed by atoms with Crippen molar-refractivity contribution < 1.29 is 24.7 Å². The fraction of sp³-hybridized carbons (Fsp3) is 0.133. The topological polar surface area (TPSA) is 110 Å². The van der Waals surface area contributed by atoms with E-state index in [2.05, 4.69) is 4.74 Å². The summed E-state index contributed by atoms with van der Waals surface area (Å²) in [5, 5.41) is 30.5. The molecule has 0 bridgehead atoms. The number of hydrogen-bond donors (Lipinski definition) is 2. The minimum Gasteiger partial charge on any atom is -0.508 e. The number of carbonyl (C=O) groups is 1. The second kappa shape index (κ2) is 6.13. The van der Waals surface area contributed by atoms with Gasteiger partial charge in [0.1, 0.15) is 11.5 Å². The third-order valence-corrected chi connectivity index (χ3v) is 3.09. The smallest absolute Gasteiger partial charge is 0.310 e. The van der Waals surface area contributed by atoms with E-state index in [1.807, 2.05) is 0 Å². The van der Waals surface area contributed by atoms with Gasteiger partial charge >= 0.3 is 5.97 Å². The number of nitrogens with zero attached hydrogens (tertiary/aromatic N) is 1. The van der Waals surface area contributed by atoms with Crippen LogP contribution in [0.2, 0.25) is 0 Å². The first kappa shape index (κ1) is 15.3. The lowest BCUT2D eigenvalue weighted by atomic mass is 9.96. The molecule has 0 saturated carbocycles. The highest BCUT2D eigenvalue weighted by molar-refractivity contribution is 5.82. The fourth-order valence-corrected chi connectivity index (χ4v) is 2.14. The Morgan fingerprint density at radius 3 is 2.64 bits per heavy atom. The van der Waals surface area contributed by atoms with Crippen LogP contribution in [-0.2, 0) is 16.0 Å². The van der Waals surface area contributed by atoms with Crippen molar-refractivity contribution in [3.05, 3.63) is 52.1 Å². The van der Waals surface area contributed by atoms with E-state index in [1.165, 1.54) is 31.4 Å². The van der Waals surface area contributed by atoms with Crippen molar-refractivity contribution in [2.45, 2.75) is 6.42 Å². The van der Waals surface area contributed by atoms with Crippen molar-refractivity contribution in [1.29, 1.82) is 0 Å². The zero-order valence-electron chi connectivity index (χ0n) is 11.6. The van der Waals surface area contributed by atoms with Gasteiger partial charge in [0, 0.05) is 23.8 Å². The SMILES string of the molecule is COC(=O)Cc1cc(O)cc(O)c1-c1cccc([N+](=O)[O-])c1. The first-order chi connectivity index (χ1) is 10.4. The number of carbonyl (C=O) groups excluding carboxylic acids is 1. The first-order valence-electron chi connectivity index (χ1n) is 6.29. The Morgan fingerprint density at radius 2 is 2.00 bits per heavy atom. The third-order valence-electron chi connectivity index (χ3n) is 3.09. The molecule has 0 radical (unpaired) electrons. The van der Waals surface area contributed by atoms with Gasteiger partial charge < -0.3 is 14.9 Å². The average Bonchev–Trinajstić information content (AvgIpc) is 2.46. The second-order valence-corrected chi connectivity index (χ2v) is 4.56. The van der Waals surface area contributed by atoms with Crippen molar-refractivity contribution in [1.82, 2.24) is 0 Å². The van der Waals surface area contributed by atoms with E-state index in [-0.39, 0.29) is 29.2 Å². The molecule has 114 valence electrons. The van der Waals surface area contributed by atoms with Crippen LogP contribution in [0.3, 0.4) is 0 Å². The molecule has 0 spiro atoms. The van der Waals surface area contributed by atoms with Crippen LogP contribution in [0.15, 0.2) is 36.4 Å². The van der Waals surface area contributed by atoms with Crippen molar-refractivity contribution in [2.24, 2.45) is 0 Å². The molecule has 2 aromatic rings. The highest BCUT2D eigenvalue weighted by atomic mass is 16.6. The van der Waals surface area contributed by atoms with Crippen LogP contribution < -0.4 is 0 Å². The van der Waals surface area contributed by atoms with Gasteiger partial charge in [-0.05, 0) is 17.2 Å². The van der Waals surface area contributed by atoms with Crippen LogP contribution in [-0.4, -0.2) is 28.2 Å². The van der Waals surface area contributed by atoms with Crippen LogP contribution in [0.25, 0.3) is 11.1 Å². The molecule has 7 nitrogen and oxygen atoms in total. The number of phenols is 2. The Labute approximate surface area is 125 Å². The maximum absolute atomic E-state index is 11.5. The number of nitro groups is 1. The number of esters is 1. The second-order valence-electron chi connectivity index (χ2n) is 4.56. The van der Waals surface area contributed by atoms with E-state index < -0.39 is 10.9 Å². The largest absolute Gasteiger partial charge is 0.508 e. The lowest BCUT2D eigenvalue weighted by Gasteiger charge is -2.12. The van der Waals surface area contributed by atoms with Crippen molar-refractivity contribution in [3.8, 4) is 22.6 Å². The molecule has 0 aliphatic heterocycles. The zero-order chi connectivity index (χ0) is 16.3. The molecule has 0 fully saturated rings.